The molecule has 0 unspecified atom stereocenters. The number of amides is 1. The minimum absolute atomic E-state index is 0.191. The van der Waals surface area contributed by atoms with Gasteiger partial charge in [0.1, 0.15) is 5.75 Å². The first-order chi connectivity index (χ1) is 15.9. The van der Waals surface area contributed by atoms with E-state index in [-0.39, 0.29) is 11.3 Å². The number of Topliss-reactive ketones (excluding diaryl/α,β-unsaturated/α-hetero) is 1. The second kappa shape index (κ2) is 9.48. The fraction of sp³-hybridized carbons (Fsp3) is 0.346. The number of hydrogen-bond donors (Lipinski definition) is 2. The van der Waals surface area contributed by atoms with Gasteiger partial charge < -0.3 is 20.1 Å². The van der Waals surface area contributed by atoms with Crippen LogP contribution in [0.3, 0.4) is 0 Å². The van der Waals surface area contributed by atoms with Gasteiger partial charge in [0.05, 0.1) is 16.5 Å². The Balaban J connectivity index is 1.64. The zero-order valence-electron chi connectivity index (χ0n) is 18.6. The average molecular weight is 449 g/mol. The molecule has 0 saturated heterocycles. The Morgan fingerprint density at radius 3 is 2.36 bits per heavy atom. The minimum Gasteiger partial charge on any atom is -0.481 e. The van der Waals surface area contributed by atoms with E-state index in [1.165, 1.54) is 5.56 Å². The van der Waals surface area contributed by atoms with E-state index in [9.17, 15) is 14.4 Å². The first kappa shape index (κ1) is 22.6. The van der Waals surface area contributed by atoms with Crippen molar-refractivity contribution in [3.8, 4) is 5.75 Å². The van der Waals surface area contributed by atoms with Crippen molar-refractivity contribution in [1.82, 2.24) is 4.57 Å². The molecule has 4 rings (SSSR count). The summed E-state index contributed by atoms with van der Waals surface area (Å²) in [6.07, 6.45) is 4.33. The van der Waals surface area contributed by atoms with E-state index in [1.807, 2.05) is 16.7 Å². The van der Waals surface area contributed by atoms with Crippen LogP contribution in [0.5, 0.6) is 5.75 Å². The predicted octanol–water partition coefficient (Wildman–Crippen LogP) is 4.06. The van der Waals surface area contributed by atoms with Crippen LogP contribution in [0.25, 0.3) is 10.9 Å². The van der Waals surface area contributed by atoms with Gasteiger partial charge in [0, 0.05) is 12.2 Å². The molecule has 7 heteroatoms. The quantitative estimate of drug-likeness (QED) is 0.399. The summed E-state index contributed by atoms with van der Waals surface area (Å²) < 4.78 is 7.50. The smallest absolute Gasteiger partial charge is 0.341 e. The fourth-order valence-electron chi connectivity index (χ4n) is 5.05. The number of carbonyl (C=O) groups excluding carboxylic acids is 2. The lowest BCUT2D eigenvalue weighted by atomic mass is 9.78. The van der Waals surface area contributed by atoms with Crippen molar-refractivity contribution in [3.05, 3.63) is 65.4 Å². The van der Waals surface area contributed by atoms with Crippen LogP contribution in [0.1, 0.15) is 53.2 Å². The lowest BCUT2D eigenvalue weighted by molar-refractivity contribution is -0.139. The van der Waals surface area contributed by atoms with E-state index in [1.54, 1.807) is 19.1 Å². The van der Waals surface area contributed by atoms with Gasteiger partial charge in [-0.3, -0.25) is 9.59 Å². The molecule has 7 nitrogen and oxygen atoms in total. The number of carboxylic acids is 1. The SMILES string of the molecule is Cc1c(C(=O)C(N)=O)c2c(OCC(=O)O)cccc2n1CC1CCC(c2ccccc2)CC1. The molecule has 0 atom stereocenters. The van der Waals surface area contributed by atoms with Gasteiger partial charge in [0.2, 0.25) is 0 Å². The first-order valence-electron chi connectivity index (χ1n) is 11.2. The number of nitrogens with zero attached hydrogens (tertiary/aromatic N) is 1. The van der Waals surface area contributed by atoms with Crippen molar-refractivity contribution in [2.75, 3.05) is 6.61 Å². The molecule has 3 aromatic rings. The van der Waals surface area contributed by atoms with E-state index in [0.29, 0.717) is 29.5 Å². The summed E-state index contributed by atoms with van der Waals surface area (Å²) in [6, 6.07) is 15.8. The number of ether oxygens (including phenoxy) is 1. The Kier molecular flexibility index (Phi) is 6.49. The van der Waals surface area contributed by atoms with Gasteiger partial charge in [-0.15, -0.1) is 0 Å². The molecule has 33 heavy (non-hydrogen) atoms. The zero-order chi connectivity index (χ0) is 23.5. The number of primary amides is 1. The fourth-order valence-corrected chi connectivity index (χ4v) is 5.05. The maximum Gasteiger partial charge on any atom is 0.341 e. The number of carbonyl (C=O) groups is 3. The Morgan fingerprint density at radius 2 is 1.73 bits per heavy atom. The van der Waals surface area contributed by atoms with E-state index in [0.717, 1.165) is 31.2 Å². The van der Waals surface area contributed by atoms with Gasteiger partial charge in [0.15, 0.2) is 6.61 Å². The van der Waals surface area contributed by atoms with Crippen LogP contribution in [0.4, 0.5) is 0 Å². The molecule has 0 bridgehead atoms. The third-order valence-corrected chi connectivity index (χ3v) is 6.67. The largest absolute Gasteiger partial charge is 0.481 e. The third-order valence-electron chi connectivity index (χ3n) is 6.67. The standard InChI is InChI=1S/C26H28N2O5/c1-16-23(25(31)26(27)32)24-20(8-5-9-21(24)33-15-22(29)30)28(16)14-17-10-12-19(13-11-17)18-6-3-2-4-7-18/h2-9,17,19H,10-15H2,1H3,(H2,27,32)(H,29,30). The van der Waals surface area contributed by atoms with Crippen molar-refractivity contribution >= 4 is 28.6 Å². The lowest BCUT2D eigenvalue weighted by Gasteiger charge is -2.29. The summed E-state index contributed by atoms with van der Waals surface area (Å²) in [4.78, 5) is 35.5. The number of benzene rings is 2. The summed E-state index contributed by atoms with van der Waals surface area (Å²) in [5.74, 6) is -1.72. The van der Waals surface area contributed by atoms with Crippen molar-refractivity contribution in [3.63, 3.8) is 0 Å². The third kappa shape index (κ3) is 4.62. The molecular formula is C26H28N2O5. The van der Waals surface area contributed by atoms with Crippen molar-refractivity contribution < 1.29 is 24.2 Å². The van der Waals surface area contributed by atoms with Gasteiger partial charge in [-0.2, -0.15) is 0 Å². The van der Waals surface area contributed by atoms with Gasteiger partial charge in [-0.05, 0) is 62.1 Å². The molecule has 1 aliphatic rings. The van der Waals surface area contributed by atoms with Crippen molar-refractivity contribution in [2.24, 2.45) is 11.7 Å². The van der Waals surface area contributed by atoms with Crippen LogP contribution in [0, 0.1) is 12.8 Å². The molecule has 0 spiro atoms. The highest BCUT2D eigenvalue weighted by Gasteiger charge is 2.28. The number of ketones is 1. The Labute approximate surface area is 192 Å². The second-order valence-corrected chi connectivity index (χ2v) is 8.73. The van der Waals surface area contributed by atoms with E-state index >= 15 is 0 Å². The van der Waals surface area contributed by atoms with Gasteiger partial charge in [-0.1, -0.05) is 36.4 Å². The maximum atomic E-state index is 12.7. The lowest BCUT2D eigenvalue weighted by Crippen LogP contribution is -2.24. The van der Waals surface area contributed by atoms with E-state index < -0.39 is 24.3 Å². The Hall–Kier alpha value is -3.61. The van der Waals surface area contributed by atoms with Crippen LogP contribution in [-0.4, -0.2) is 33.9 Å². The monoisotopic (exact) mass is 448 g/mol. The highest BCUT2D eigenvalue weighted by molar-refractivity contribution is 6.45. The van der Waals surface area contributed by atoms with Crippen LogP contribution >= 0.6 is 0 Å². The molecule has 0 radical (unpaired) electrons. The van der Waals surface area contributed by atoms with Crippen LogP contribution < -0.4 is 10.5 Å². The molecule has 1 aliphatic carbocycles. The number of nitrogens with two attached hydrogens (primary N) is 1. The number of aromatic nitrogens is 1. The summed E-state index contributed by atoms with van der Waals surface area (Å²) >= 11 is 0. The number of hydrogen-bond acceptors (Lipinski definition) is 4. The number of rotatable bonds is 8. The molecular weight excluding hydrogens is 420 g/mol. The molecule has 1 fully saturated rings. The molecule has 1 aromatic heterocycles. The highest BCUT2D eigenvalue weighted by Crippen LogP contribution is 2.39. The molecule has 3 N–H and O–H groups in total. The number of carboxylic acid groups (broad SMARTS) is 1. The summed E-state index contributed by atoms with van der Waals surface area (Å²) in [5, 5.41) is 9.46. The number of aliphatic carboxylic acids is 1. The summed E-state index contributed by atoms with van der Waals surface area (Å²) in [7, 11) is 0. The predicted molar refractivity (Wildman–Crippen MR) is 124 cm³/mol. The highest BCUT2D eigenvalue weighted by atomic mass is 16.5. The van der Waals surface area contributed by atoms with Crippen molar-refractivity contribution in [1.29, 1.82) is 0 Å². The Morgan fingerprint density at radius 1 is 1.03 bits per heavy atom. The normalized spacial score (nSPS) is 18.2. The minimum atomic E-state index is -1.12. The average Bonchev–Trinajstić information content (AvgIpc) is 3.10. The molecule has 1 amide bonds. The first-order valence-corrected chi connectivity index (χ1v) is 11.2. The van der Waals surface area contributed by atoms with Crippen LogP contribution in [0.15, 0.2) is 48.5 Å². The maximum absolute atomic E-state index is 12.7. The van der Waals surface area contributed by atoms with Gasteiger partial charge in [0.25, 0.3) is 11.7 Å². The molecule has 2 aromatic carbocycles. The van der Waals surface area contributed by atoms with Crippen LogP contribution in [-0.2, 0) is 16.1 Å². The molecule has 1 saturated carbocycles. The van der Waals surface area contributed by atoms with Crippen LogP contribution in [0.2, 0.25) is 0 Å². The topological polar surface area (TPSA) is 112 Å². The molecule has 172 valence electrons. The number of fused-ring (bicyclic) bond motifs is 1. The van der Waals surface area contributed by atoms with E-state index in [4.69, 9.17) is 15.6 Å². The molecule has 1 heterocycles. The van der Waals surface area contributed by atoms with E-state index in [2.05, 4.69) is 24.3 Å². The Bertz CT molecular complexity index is 1190. The summed E-state index contributed by atoms with van der Waals surface area (Å²) in [6.45, 7) is 1.96. The van der Waals surface area contributed by atoms with Gasteiger partial charge >= 0.3 is 5.97 Å². The van der Waals surface area contributed by atoms with Gasteiger partial charge in [-0.25, -0.2) is 4.79 Å². The summed E-state index contributed by atoms with van der Waals surface area (Å²) in [5.41, 5.74) is 8.29. The second-order valence-electron chi connectivity index (χ2n) is 8.73. The molecule has 0 aliphatic heterocycles. The zero-order valence-corrected chi connectivity index (χ0v) is 18.6. The van der Waals surface area contributed by atoms with Crippen molar-refractivity contribution in [2.45, 2.75) is 45.1 Å².